The van der Waals surface area contributed by atoms with Gasteiger partial charge >= 0.3 is 6.03 Å². The van der Waals surface area contributed by atoms with Gasteiger partial charge in [-0.2, -0.15) is 5.26 Å². The number of aryl methyl sites for hydroxylation is 1. The van der Waals surface area contributed by atoms with E-state index in [0.717, 1.165) is 0 Å². The molecule has 0 fully saturated rings. The number of urea groups is 1. The fourth-order valence-electron chi connectivity index (χ4n) is 2.15. The van der Waals surface area contributed by atoms with Crippen LogP contribution in [0.25, 0.3) is 0 Å². The van der Waals surface area contributed by atoms with E-state index in [0.29, 0.717) is 24.6 Å². The first-order valence-electron chi connectivity index (χ1n) is 7.33. The summed E-state index contributed by atoms with van der Waals surface area (Å²) in [5, 5.41) is 24.9. The summed E-state index contributed by atoms with van der Waals surface area (Å²) in [7, 11) is 1.79. The minimum absolute atomic E-state index is 0.0437. The third-order valence-corrected chi connectivity index (χ3v) is 3.33. The zero-order valence-corrected chi connectivity index (χ0v) is 13.4. The zero-order chi connectivity index (χ0) is 17.5. The Balaban J connectivity index is 1.77. The monoisotopic (exact) mass is 331 g/mol. The molecule has 24 heavy (non-hydrogen) atoms. The number of carbonyl (C=O) groups is 1. The largest absolute Gasteiger partial charge is 0.382 e. The smallest absolute Gasteiger partial charge is 0.315 e. The molecular formula is C15H18FN7O. The molecule has 0 aliphatic carbocycles. The van der Waals surface area contributed by atoms with Crippen molar-refractivity contribution >= 4 is 11.7 Å². The maximum Gasteiger partial charge on any atom is 0.315 e. The maximum atomic E-state index is 13.4. The van der Waals surface area contributed by atoms with Crippen molar-refractivity contribution in [1.29, 1.82) is 5.26 Å². The third kappa shape index (κ3) is 4.19. The van der Waals surface area contributed by atoms with Gasteiger partial charge in [-0.25, -0.2) is 9.18 Å². The summed E-state index contributed by atoms with van der Waals surface area (Å²) in [4.78, 5) is 11.8. The maximum absolute atomic E-state index is 13.4. The molecule has 9 heteroatoms. The summed E-state index contributed by atoms with van der Waals surface area (Å²) in [5.74, 6) is 0.0624. The van der Waals surface area contributed by atoms with Crippen molar-refractivity contribution in [3.63, 3.8) is 0 Å². The van der Waals surface area contributed by atoms with Gasteiger partial charge < -0.3 is 20.5 Å². The van der Waals surface area contributed by atoms with Crippen LogP contribution in [0.2, 0.25) is 0 Å². The van der Waals surface area contributed by atoms with Gasteiger partial charge in [0, 0.05) is 20.1 Å². The lowest BCUT2D eigenvalue weighted by Gasteiger charge is -2.14. The van der Waals surface area contributed by atoms with Crippen LogP contribution in [0.1, 0.15) is 24.4 Å². The second-order valence-corrected chi connectivity index (χ2v) is 5.12. The van der Waals surface area contributed by atoms with Crippen molar-refractivity contribution < 1.29 is 9.18 Å². The number of carbonyl (C=O) groups excluding carboxylic acids is 1. The number of rotatable bonds is 6. The first-order valence-corrected chi connectivity index (χ1v) is 7.33. The summed E-state index contributed by atoms with van der Waals surface area (Å²) in [6.45, 7) is 2.45. The van der Waals surface area contributed by atoms with Crippen molar-refractivity contribution in [2.45, 2.75) is 13.0 Å². The van der Waals surface area contributed by atoms with Crippen molar-refractivity contribution in [2.75, 3.05) is 18.4 Å². The van der Waals surface area contributed by atoms with E-state index in [1.165, 1.54) is 12.1 Å². The number of amides is 2. The number of nitriles is 1. The average molecular weight is 331 g/mol. The van der Waals surface area contributed by atoms with Crippen LogP contribution in [0.4, 0.5) is 14.9 Å². The molecule has 0 aliphatic heterocycles. The van der Waals surface area contributed by atoms with Gasteiger partial charge in [0.25, 0.3) is 0 Å². The normalized spacial score (nSPS) is 11.4. The predicted octanol–water partition coefficient (Wildman–Crippen LogP) is 1.30. The van der Waals surface area contributed by atoms with Crippen molar-refractivity contribution in [1.82, 2.24) is 25.4 Å². The van der Waals surface area contributed by atoms with E-state index in [1.54, 1.807) is 30.9 Å². The number of benzene rings is 1. The zero-order valence-electron chi connectivity index (χ0n) is 13.4. The molecule has 126 valence electrons. The highest BCUT2D eigenvalue weighted by Gasteiger charge is 2.13. The van der Waals surface area contributed by atoms with Crippen LogP contribution in [0, 0.1) is 17.1 Å². The summed E-state index contributed by atoms with van der Waals surface area (Å²) in [6.07, 6.45) is 1.56. The first-order chi connectivity index (χ1) is 11.5. The van der Waals surface area contributed by atoms with E-state index in [4.69, 9.17) is 5.26 Å². The Morgan fingerprint density at radius 1 is 1.46 bits per heavy atom. The fourth-order valence-corrected chi connectivity index (χ4v) is 2.15. The lowest BCUT2D eigenvalue weighted by molar-refractivity contribution is 0.237. The lowest BCUT2D eigenvalue weighted by Crippen LogP contribution is -2.39. The molecule has 3 N–H and O–H groups in total. The van der Waals surface area contributed by atoms with Gasteiger partial charge in [0.15, 0.2) is 5.82 Å². The number of nitrogens with one attached hydrogen (secondary N) is 3. The number of halogens is 1. The topological polar surface area (TPSA) is 108 Å². The van der Waals surface area contributed by atoms with Gasteiger partial charge in [-0.05, 0) is 19.1 Å². The van der Waals surface area contributed by atoms with E-state index in [2.05, 4.69) is 26.1 Å². The summed E-state index contributed by atoms with van der Waals surface area (Å²) < 4.78 is 15.2. The second-order valence-electron chi connectivity index (χ2n) is 5.12. The van der Waals surface area contributed by atoms with E-state index < -0.39 is 5.82 Å². The standard InChI is InChI=1S/C15H18FN7O/c1-10(14-22-20-9-23(14)2)21-15(24)19-7-6-18-13-5-3-4-12(16)11(13)8-17/h3-5,9-10,18H,6-7H2,1-2H3,(H2,19,21,24). The molecular weight excluding hydrogens is 313 g/mol. The molecule has 8 nitrogen and oxygen atoms in total. The SMILES string of the molecule is CC(NC(=O)NCCNc1cccc(F)c1C#N)c1nncn1C. The molecule has 1 unspecified atom stereocenters. The van der Waals surface area contributed by atoms with Crippen molar-refractivity contribution in [3.05, 3.63) is 41.7 Å². The summed E-state index contributed by atoms with van der Waals surface area (Å²) in [6, 6.07) is 5.51. The Morgan fingerprint density at radius 3 is 2.92 bits per heavy atom. The summed E-state index contributed by atoms with van der Waals surface area (Å²) >= 11 is 0. The van der Waals surface area contributed by atoms with Crippen LogP contribution in [0.15, 0.2) is 24.5 Å². The highest BCUT2D eigenvalue weighted by molar-refractivity contribution is 5.74. The highest BCUT2D eigenvalue weighted by Crippen LogP contribution is 2.17. The molecule has 1 aromatic carbocycles. The molecule has 1 atom stereocenters. The molecule has 2 rings (SSSR count). The quantitative estimate of drug-likeness (QED) is 0.692. The lowest BCUT2D eigenvalue weighted by atomic mass is 10.2. The van der Waals surface area contributed by atoms with Gasteiger partial charge in [0.05, 0.1) is 11.7 Å². The van der Waals surface area contributed by atoms with Crippen LogP contribution in [0.3, 0.4) is 0 Å². The van der Waals surface area contributed by atoms with E-state index in [-0.39, 0.29) is 17.6 Å². The van der Waals surface area contributed by atoms with E-state index >= 15 is 0 Å². The van der Waals surface area contributed by atoms with Gasteiger partial charge in [-0.3, -0.25) is 0 Å². The molecule has 0 saturated carbocycles. The molecule has 1 heterocycles. The number of hydrogen-bond acceptors (Lipinski definition) is 5. The number of nitrogens with zero attached hydrogens (tertiary/aromatic N) is 4. The predicted molar refractivity (Wildman–Crippen MR) is 85.6 cm³/mol. The minimum atomic E-state index is -0.578. The molecule has 0 aliphatic rings. The fraction of sp³-hybridized carbons (Fsp3) is 0.333. The number of anilines is 1. The number of aromatic nitrogens is 3. The molecule has 2 amide bonds. The van der Waals surface area contributed by atoms with Crippen LogP contribution >= 0.6 is 0 Å². The molecule has 2 aromatic rings. The average Bonchev–Trinajstić information content (AvgIpc) is 2.98. The molecule has 0 bridgehead atoms. The van der Waals surface area contributed by atoms with Gasteiger partial charge in [0.1, 0.15) is 23.8 Å². The van der Waals surface area contributed by atoms with E-state index in [1.807, 2.05) is 6.07 Å². The van der Waals surface area contributed by atoms with Crippen molar-refractivity contribution in [2.24, 2.45) is 7.05 Å². The Labute approximate surface area is 138 Å². The van der Waals surface area contributed by atoms with Crippen LogP contribution < -0.4 is 16.0 Å². The summed E-state index contributed by atoms with van der Waals surface area (Å²) in [5.41, 5.74) is 0.352. The Kier molecular flexibility index (Phi) is 5.68. The third-order valence-electron chi connectivity index (χ3n) is 3.33. The van der Waals surface area contributed by atoms with Crippen LogP contribution in [0.5, 0.6) is 0 Å². The van der Waals surface area contributed by atoms with Crippen LogP contribution in [-0.4, -0.2) is 33.9 Å². The Bertz CT molecular complexity index is 753. The van der Waals surface area contributed by atoms with Crippen molar-refractivity contribution in [3.8, 4) is 6.07 Å². The Morgan fingerprint density at radius 2 is 2.25 bits per heavy atom. The highest BCUT2D eigenvalue weighted by atomic mass is 19.1. The molecule has 0 saturated heterocycles. The molecule has 0 radical (unpaired) electrons. The van der Waals surface area contributed by atoms with Gasteiger partial charge in [0.2, 0.25) is 0 Å². The second kappa shape index (κ2) is 7.92. The van der Waals surface area contributed by atoms with Gasteiger partial charge in [-0.1, -0.05) is 6.07 Å². The number of hydrogen-bond donors (Lipinski definition) is 3. The first kappa shape index (κ1) is 17.2. The minimum Gasteiger partial charge on any atom is -0.382 e. The molecule has 1 aromatic heterocycles. The Hall–Kier alpha value is -3.15. The molecule has 0 spiro atoms. The van der Waals surface area contributed by atoms with E-state index in [9.17, 15) is 9.18 Å². The van der Waals surface area contributed by atoms with Gasteiger partial charge in [-0.15, -0.1) is 10.2 Å². The van der Waals surface area contributed by atoms with Crippen LogP contribution in [-0.2, 0) is 7.05 Å².